The SMILES string of the molecule is O=C(Nc1ccsc1-c1nc(C(=O)NCc2ccccc2)c(O)c(=O)[nH]1)OCc1ccccc1. The highest BCUT2D eigenvalue weighted by Crippen LogP contribution is 2.31. The predicted octanol–water partition coefficient (Wildman–Crippen LogP) is 3.88. The molecular formula is C24H20N4O5S. The van der Waals surface area contributed by atoms with Crippen LogP contribution >= 0.6 is 11.3 Å². The lowest BCUT2D eigenvalue weighted by Crippen LogP contribution is -2.26. The highest BCUT2D eigenvalue weighted by atomic mass is 32.1. The number of rotatable bonds is 7. The van der Waals surface area contributed by atoms with Crippen LogP contribution < -0.4 is 16.2 Å². The van der Waals surface area contributed by atoms with E-state index in [0.29, 0.717) is 10.6 Å². The Balaban J connectivity index is 1.50. The molecule has 34 heavy (non-hydrogen) atoms. The van der Waals surface area contributed by atoms with Gasteiger partial charge in [-0.2, -0.15) is 0 Å². The predicted molar refractivity (Wildman–Crippen MR) is 128 cm³/mol. The number of benzene rings is 2. The largest absolute Gasteiger partial charge is 0.501 e. The van der Waals surface area contributed by atoms with E-state index in [0.717, 1.165) is 11.1 Å². The van der Waals surface area contributed by atoms with Crippen LogP contribution in [0.2, 0.25) is 0 Å². The third-order valence-corrected chi connectivity index (χ3v) is 5.66. The van der Waals surface area contributed by atoms with Crippen LogP contribution in [0.15, 0.2) is 76.9 Å². The first-order valence-corrected chi connectivity index (χ1v) is 11.1. The maximum atomic E-state index is 12.6. The Kier molecular flexibility index (Phi) is 6.99. The highest BCUT2D eigenvalue weighted by Gasteiger charge is 2.21. The van der Waals surface area contributed by atoms with Crippen LogP contribution in [0.5, 0.6) is 5.75 Å². The molecule has 0 unspecified atom stereocenters. The molecule has 0 saturated carbocycles. The minimum atomic E-state index is -0.874. The number of hydrogen-bond donors (Lipinski definition) is 4. The molecule has 2 amide bonds. The molecule has 0 radical (unpaired) electrons. The van der Waals surface area contributed by atoms with E-state index < -0.39 is 29.0 Å². The van der Waals surface area contributed by atoms with Crippen LogP contribution in [0.1, 0.15) is 21.6 Å². The Morgan fingerprint density at radius 2 is 1.68 bits per heavy atom. The van der Waals surface area contributed by atoms with E-state index in [1.165, 1.54) is 11.3 Å². The van der Waals surface area contributed by atoms with Crippen molar-refractivity contribution in [2.45, 2.75) is 13.2 Å². The van der Waals surface area contributed by atoms with Crippen molar-refractivity contribution < 1.29 is 19.4 Å². The summed E-state index contributed by atoms with van der Waals surface area (Å²) in [6, 6.07) is 20.0. The van der Waals surface area contributed by atoms with E-state index in [1.807, 2.05) is 60.7 Å². The van der Waals surface area contributed by atoms with Crippen LogP contribution in [0.3, 0.4) is 0 Å². The lowest BCUT2D eigenvalue weighted by atomic mass is 10.2. The van der Waals surface area contributed by atoms with Gasteiger partial charge in [0.2, 0.25) is 5.75 Å². The van der Waals surface area contributed by atoms with Crippen molar-refractivity contribution in [2.75, 3.05) is 5.32 Å². The molecule has 4 aromatic rings. The zero-order valence-electron chi connectivity index (χ0n) is 17.8. The molecule has 0 aliphatic carbocycles. The maximum absolute atomic E-state index is 12.6. The van der Waals surface area contributed by atoms with Gasteiger partial charge in [-0.3, -0.25) is 14.9 Å². The molecule has 9 nitrogen and oxygen atoms in total. The Morgan fingerprint density at radius 3 is 2.38 bits per heavy atom. The minimum absolute atomic E-state index is 0.0287. The van der Waals surface area contributed by atoms with Crippen molar-refractivity contribution in [3.05, 3.63) is 99.3 Å². The number of aromatic amines is 1. The lowest BCUT2D eigenvalue weighted by Gasteiger charge is -2.10. The molecule has 0 fully saturated rings. The van der Waals surface area contributed by atoms with Gasteiger partial charge in [-0.25, -0.2) is 9.78 Å². The molecule has 0 bridgehead atoms. The van der Waals surface area contributed by atoms with Crippen molar-refractivity contribution in [1.29, 1.82) is 0 Å². The quantitative estimate of drug-likeness (QED) is 0.320. The number of aromatic hydroxyl groups is 1. The van der Waals surface area contributed by atoms with E-state index in [2.05, 4.69) is 20.6 Å². The first kappa shape index (κ1) is 22.7. The number of thiophene rings is 1. The van der Waals surface area contributed by atoms with Crippen LogP contribution in [-0.2, 0) is 17.9 Å². The summed E-state index contributed by atoms with van der Waals surface area (Å²) < 4.78 is 5.23. The number of nitrogens with one attached hydrogen (secondary N) is 3. The van der Waals surface area contributed by atoms with E-state index >= 15 is 0 Å². The number of carbonyl (C=O) groups excluding carboxylic acids is 2. The van der Waals surface area contributed by atoms with Gasteiger partial charge < -0.3 is 20.1 Å². The van der Waals surface area contributed by atoms with Crippen molar-refractivity contribution in [2.24, 2.45) is 0 Å². The van der Waals surface area contributed by atoms with E-state index in [-0.39, 0.29) is 19.0 Å². The summed E-state index contributed by atoms with van der Waals surface area (Å²) in [4.78, 5) is 44.2. The summed E-state index contributed by atoms with van der Waals surface area (Å²) in [7, 11) is 0. The maximum Gasteiger partial charge on any atom is 0.412 e. The van der Waals surface area contributed by atoms with Crippen molar-refractivity contribution in [3.8, 4) is 16.5 Å². The number of amides is 2. The lowest BCUT2D eigenvalue weighted by molar-refractivity contribution is 0.0942. The summed E-state index contributed by atoms with van der Waals surface area (Å²) in [6.45, 7) is 0.286. The summed E-state index contributed by atoms with van der Waals surface area (Å²) in [6.07, 6.45) is -0.689. The topological polar surface area (TPSA) is 133 Å². The second-order valence-corrected chi connectivity index (χ2v) is 8.05. The third kappa shape index (κ3) is 5.48. The van der Waals surface area contributed by atoms with Gasteiger partial charge in [0.1, 0.15) is 6.61 Å². The summed E-state index contributed by atoms with van der Waals surface area (Å²) in [5.74, 6) is -1.47. The monoisotopic (exact) mass is 476 g/mol. The molecule has 0 atom stereocenters. The Bertz CT molecular complexity index is 1350. The number of carbonyl (C=O) groups is 2. The average molecular weight is 477 g/mol. The molecule has 0 spiro atoms. The fourth-order valence-electron chi connectivity index (χ4n) is 3.05. The number of aromatic nitrogens is 2. The highest BCUT2D eigenvalue weighted by molar-refractivity contribution is 7.14. The zero-order chi connectivity index (χ0) is 23.9. The molecule has 0 saturated heterocycles. The van der Waals surface area contributed by atoms with E-state index in [9.17, 15) is 19.5 Å². The van der Waals surface area contributed by atoms with E-state index in [4.69, 9.17) is 4.74 Å². The normalized spacial score (nSPS) is 10.5. The number of ether oxygens (including phenoxy) is 1. The first-order valence-electron chi connectivity index (χ1n) is 10.2. The van der Waals surface area contributed by atoms with Gasteiger partial charge in [-0.1, -0.05) is 60.7 Å². The van der Waals surface area contributed by atoms with Crippen molar-refractivity contribution in [1.82, 2.24) is 15.3 Å². The molecular weight excluding hydrogens is 456 g/mol. The van der Waals surface area contributed by atoms with Gasteiger partial charge in [0.05, 0.1) is 10.6 Å². The number of hydrogen-bond acceptors (Lipinski definition) is 7. The van der Waals surface area contributed by atoms with Gasteiger partial charge in [-0.05, 0) is 22.6 Å². The molecule has 10 heteroatoms. The Hall–Kier alpha value is -4.44. The smallest absolute Gasteiger partial charge is 0.412 e. The fourth-order valence-corrected chi connectivity index (χ4v) is 3.85. The van der Waals surface area contributed by atoms with Crippen LogP contribution in [0.25, 0.3) is 10.7 Å². The Labute approximate surface area is 198 Å². The standard InChI is InChI=1S/C24H20N4O5S/c29-19-18(22(30)25-13-15-7-3-1-4-8-15)27-21(28-23(19)31)20-17(11-12-34-20)26-24(32)33-14-16-9-5-2-6-10-16/h1-12,29H,13-14H2,(H,25,30)(H,26,32)(H,27,28,31). The molecule has 2 heterocycles. The number of H-pyrrole nitrogens is 1. The van der Waals surface area contributed by atoms with Gasteiger partial charge in [0, 0.05) is 6.54 Å². The second kappa shape index (κ2) is 10.5. The first-order chi connectivity index (χ1) is 16.5. The molecule has 172 valence electrons. The van der Waals surface area contributed by atoms with Crippen LogP contribution in [-0.4, -0.2) is 27.1 Å². The zero-order valence-corrected chi connectivity index (χ0v) is 18.6. The van der Waals surface area contributed by atoms with Gasteiger partial charge in [0.25, 0.3) is 11.5 Å². The molecule has 2 aromatic heterocycles. The van der Waals surface area contributed by atoms with Crippen molar-refractivity contribution >= 4 is 29.0 Å². The number of nitrogens with zero attached hydrogens (tertiary/aromatic N) is 1. The molecule has 0 aliphatic heterocycles. The van der Waals surface area contributed by atoms with Gasteiger partial charge in [0.15, 0.2) is 11.5 Å². The summed E-state index contributed by atoms with van der Waals surface area (Å²) >= 11 is 1.19. The molecule has 4 rings (SSSR count). The fraction of sp³-hybridized carbons (Fsp3) is 0.0833. The Morgan fingerprint density at radius 1 is 1.00 bits per heavy atom. The molecule has 2 aromatic carbocycles. The van der Waals surface area contributed by atoms with Crippen LogP contribution in [0.4, 0.5) is 10.5 Å². The van der Waals surface area contributed by atoms with Gasteiger partial charge >= 0.3 is 6.09 Å². The average Bonchev–Trinajstić information content (AvgIpc) is 3.32. The molecule has 0 aliphatic rings. The summed E-state index contributed by atoms with van der Waals surface area (Å²) in [5, 5.41) is 17.1. The molecule has 4 N–H and O–H groups in total. The second-order valence-electron chi connectivity index (χ2n) is 7.13. The van der Waals surface area contributed by atoms with E-state index in [1.54, 1.807) is 11.4 Å². The van der Waals surface area contributed by atoms with Gasteiger partial charge in [-0.15, -0.1) is 11.3 Å². The summed E-state index contributed by atoms with van der Waals surface area (Å²) in [5.41, 5.74) is 0.729. The minimum Gasteiger partial charge on any atom is -0.501 e. The number of anilines is 1. The third-order valence-electron chi connectivity index (χ3n) is 4.74. The van der Waals surface area contributed by atoms with Crippen molar-refractivity contribution in [3.63, 3.8) is 0 Å². The van der Waals surface area contributed by atoms with Crippen LogP contribution in [0, 0.1) is 0 Å².